The Labute approximate surface area is 196 Å². The number of carbonyl (C=O) groups is 3. The summed E-state index contributed by atoms with van der Waals surface area (Å²) in [5, 5.41) is 5.17. The molecule has 0 spiro atoms. The van der Waals surface area contributed by atoms with Gasteiger partial charge in [-0.15, -0.1) is 11.3 Å². The summed E-state index contributed by atoms with van der Waals surface area (Å²) in [6.45, 7) is 2.04. The van der Waals surface area contributed by atoms with E-state index in [1.54, 1.807) is 43.7 Å². The van der Waals surface area contributed by atoms with E-state index in [4.69, 9.17) is 9.47 Å². The minimum Gasteiger partial charge on any atom is -0.493 e. The molecule has 1 N–H and O–H groups in total. The molecule has 0 aliphatic heterocycles. The summed E-state index contributed by atoms with van der Waals surface area (Å²) in [7, 11) is 3.33. The second-order valence-electron chi connectivity index (χ2n) is 7.24. The lowest BCUT2D eigenvalue weighted by Gasteiger charge is -2.11. The van der Waals surface area contributed by atoms with E-state index in [9.17, 15) is 14.4 Å². The zero-order valence-corrected chi connectivity index (χ0v) is 19.5. The molecular weight excluding hydrogens is 442 g/mol. The Hall–Kier alpha value is -3.72. The van der Waals surface area contributed by atoms with E-state index in [-0.39, 0.29) is 12.3 Å². The van der Waals surface area contributed by atoms with Gasteiger partial charge in [0.25, 0.3) is 11.8 Å². The van der Waals surface area contributed by atoms with Crippen LogP contribution in [0.3, 0.4) is 0 Å². The van der Waals surface area contributed by atoms with Crippen molar-refractivity contribution in [2.24, 2.45) is 0 Å². The highest BCUT2D eigenvalue weighted by Crippen LogP contribution is 2.32. The minimum atomic E-state index is -0.549. The fraction of sp³-hybridized carbons (Fsp3) is 0.250. The molecule has 0 atom stereocenters. The van der Waals surface area contributed by atoms with Gasteiger partial charge in [-0.25, -0.2) is 4.98 Å². The zero-order chi connectivity index (χ0) is 23.8. The van der Waals surface area contributed by atoms with E-state index < -0.39 is 18.5 Å². The molecule has 2 amide bonds. The fourth-order valence-electron chi connectivity index (χ4n) is 2.93. The number of aromatic nitrogens is 1. The van der Waals surface area contributed by atoms with Crippen LogP contribution in [0.5, 0.6) is 5.75 Å². The second kappa shape index (κ2) is 11.2. The van der Waals surface area contributed by atoms with Crippen molar-refractivity contribution in [3.63, 3.8) is 0 Å². The van der Waals surface area contributed by atoms with Gasteiger partial charge in [-0.2, -0.15) is 0 Å². The molecule has 0 bridgehead atoms. The lowest BCUT2D eigenvalue weighted by Crippen LogP contribution is -2.22. The molecule has 3 rings (SSSR count). The van der Waals surface area contributed by atoms with Crippen molar-refractivity contribution in [3.05, 3.63) is 65.2 Å². The van der Waals surface area contributed by atoms with Crippen LogP contribution in [-0.2, 0) is 20.7 Å². The summed E-state index contributed by atoms with van der Waals surface area (Å²) >= 11 is 1.41. The van der Waals surface area contributed by atoms with Crippen molar-refractivity contribution in [3.8, 4) is 16.3 Å². The second-order valence-corrected chi connectivity index (χ2v) is 8.09. The molecule has 9 heteroatoms. The monoisotopic (exact) mass is 467 g/mol. The van der Waals surface area contributed by atoms with Crippen LogP contribution in [-0.4, -0.2) is 55.0 Å². The van der Waals surface area contributed by atoms with Crippen LogP contribution in [0.4, 0.5) is 5.69 Å². The summed E-state index contributed by atoms with van der Waals surface area (Å²) in [6, 6.07) is 14.1. The largest absolute Gasteiger partial charge is 0.493 e. The van der Waals surface area contributed by atoms with Gasteiger partial charge >= 0.3 is 5.97 Å². The minimum absolute atomic E-state index is 0.0398. The first-order valence-electron chi connectivity index (χ1n) is 10.3. The number of thiazole rings is 1. The van der Waals surface area contributed by atoms with Crippen LogP contribution in [0, 0.1) is 0 Å². The third-order valence-electron chi connectivity index (χ3n) is 4.48. The van der Waals surface area contributed by atoms with Gasteiger partial charge in [-0.3, -0.25) is 14.4 Å². The summed E-state index contributed by atoms with van der Waals surface area (Å²) in [4.78, 5) is 42.1. The highest BCUT2D eigenvalue weighted by atomic mass is 32.1. The first-order chi connectivity index (χ1) is 15.9. The number of anilines is 1. The Balaban J connectivity index is 1.50. The van der Waals surface area contributed by atoms with Gasteiger partial charge < -0.3 is 19.7 Å². The number of benzene rings is 2. The van der Waals surface area contributed by atoms with E-state index in [2.05, 4.69) is 10.3 Å². The predicted octanol–water partition coefficient (Wildman–Crippen LogP) is 3.64. The third-order valence-corrected chi connectivity index (χ3v) is 5.40. The molecule has 172 valence electrons. The molecule has 0 aliphatic rings. The van der Waals surface area contributed by atoms with Crippen molar-refractivity contribution in [2.45, 2.75) is 13.3 Å². The van der Waals surface area contributed by atoms with Gasteiger partial charge in [-0.05, 0) is 43.3 Å². The quantitative estimate of drug-likeness (QED) is 0.483. The Bertz CT molecular complexity index is 1130. The highest BCUT2D eigenvalue weighted by Gasteiger charge is 2.14. The standard InChI is InChI=1S/C24H25N3O5S/c1-4-31-20-8-6-5-7-19(20)23-26-18(15-33-23)13-22(29)32-14-21(28)25-17-11-9-16(10-12-17)24(30)27(2)3/h5-12,15H,4,13-14H2,1-3H3,(H,25,28). The molecule has 2 aromatic carbocycles. The molecule has 3 aromatic rings. The van der Waals surface area contributed by atoms with E-state index >= 15 is 0 Å². The molecule has 1 aromatic heterocycles. The van der Waals surface area contributed by atoms with Crippen LogP contribution in [0.15, 0.2) is 53.9 Å². The lowest BCUT2D eigenvalue weighted by atomic mass is 10.2. The maximum atomic E-state index is 12.2. The molecule has 0 saturated heterocycles. The number of nitrogens with zero attached hydrogens (tertiary/aromatic N) is 2. The van der Waals surface area contributed by atoms with Gasteiger partial charge in [0.05, 0.1) is 24.3 Å². The van der Waals surface area contributed by atoms with Crippen LogP contribution in [0.1, 0.15) is 23.0 Å². The number of hydrogen-bond acceptors (Lipinski definition) is 7. The molecule has 0 aliphatic carbocycles. The zero-order valence-electron chi connectivity index (χ0n) is 18.7. The topological polar surface area (TPSA) is 97.8 Å². The van der Waals surface area contributed by atoms with E-state index in [0.717, 1.165) is 16.3 Å². The Kier molecular flexibility index (Phi) is 8.15. The molecule has 0 radical (unpaired) electrons. The maximum Gasteiger partial charge on any atom is 0.312 e. The number of nitrogens with one attached hydrogen (secondary N) is 1. The fourth-order valence-corrected chi connectivity index (χ4v) is 3.78. The van der Waals surface area contributed by atoms with Crippen molar-refractivity contribution >= 4 is 34.8 Å². The maximum absolute atomic E-state index is 12.2. The van der Waals surface area contributed by atoms with Crippen LogP contribution in [0.25, 0.3) is 10.6 Å². The number of rotatable bonds is 9. The van der Waals surface area contributed by atoms with Gasteiger partial charge in [-0.1, -0.05) is 12.1 Å². The Morgan fingerprint density at radius 1 is 1.06 bits per heavy atom. The van der Waals surface area contributed by atoms with Gasteiger partial charge in [0, 0.05) is 30.7 Å². The number of para-hydroxylation sites is 1. The number of ether oxygens (including phenoxy) is 2. The van der Waals surface area contributed by atoms with Crippen LogP contribution in [0.2, 0.25) is 0 Å². The molecular formula is C24H25N3O5S. The van der Waals surface area contributed by atoms with Crippen molar-refractivity contribution in [1.82, 2.24) is 9.88 Å². The van der Waals surface area contributed by atoms with Gasteiger partial charge in [0.1, 0.15) is 10.8 Å². The third kappa shape index (κ3) is 6.63. The normalized spacial score (nSPS) is 10.4. The molecule has 0 fully saturated rings. The number of amides is 2. The Morgan fingerprint density at radius 3 is 2.48 bits per heavy atom. The smallest absolute Gasteiger partial charge is 0.312 e. The molecule has 0 unspecified atom stereocenters. The Morgan fingerprint density at radius 2 is 1.79 bits per heavy atom. The van der Waals surface area contributed by atoms with Gasteiger partial charge in [0.2, 0.25) is 0 Å². The molecule has 1 heterocycles. The van der Waals surface area contributed by atoms with E-state index in [0.29, 0.717) is 23.6 Å². The number of carbonyl (C=O) groups excluding carboxylic acids is 3. The first-order valence-corrected chi connectivity index (χ1v) is 11.2. The molecule has 0 saturated carbocycles. The summed E-state index contributed by atoms with van der Waals surface area (Å²) in [5.41, 5.74) is 2.44. The predicted molar refractivity (Wildman–Crippen MR) is 126 cm³/mol. The molecule has 8 nitrogen and oxygen atoms in total. The van der Waals surface area contributed by atoms with Crippen LogP contribution >= 0.6 is 11.3 Å². The highest BCUT2D eigenvalue weighted by molar-refractivity contribution is 7.13. The van der Waals surface area contributed by atoms with Crippen molar-refractivity contribution in [1.29, 1.82) is 0 Å². The number of hydrogen-bond donors (Lipinski definition) is 1. The average Bonchev–Trinajstić information content (AvgIpc) is 3.26. The SMILES string of the molecule is CCOc1ccccc1-c1nc(CC(=O)OCC(=O)Nc2ccc(C(=O)N(C)C)cc2)cs1. The number of esters is 1. The van der Waals surface area contributed by atoms with Crippen molar-refractivity contribution in [2.75, 3.05) is 32.6 Å². The van der Waals surface area contributed by atoms with Crippen LogP contribution < -0.4 is 10.1 Å². The first kappa shape index (κ1) is 23.9. The van der Waals surface area contributed by atoms with Gasteiger partial charge in [0.15, 0.2) is 6.61 Å². The summed E-state index contributed by atoms with van der Waals surface area (Å²) < 4.78 is 10.7. The average molecular weight is 468 g/mol. The van der Waals surface area contributed by atoms with Crippen molar-refractivity contribution < 1.29 is 23.9 Å². The lowest BCUT2D eigenvalue weighted by molar-refractivity contribution is -0.146. The summed E-state index contributed by atoms with van der Waals surface area (Å²) in [6.07, 6.45) is -0.0398. The van der Waals surface area contributed by atoms with E-state index in [1.165, 1.54) is 16.2 Å². The van der Waals surface area contributed by atoms with E-state index in [1.807, 2.05) is 31.2 Å². The summed E-state index contributed by atoms with van der Waals surface area (Å²) in [5.74, 6) is -0.417. The molecule has 33 heavy (non-hydrogen) atoms.